The Morgan fingerprint density at radius 1 is 1.44 bits per heavy atom. The topological polar surface area (TPSA) is 63.4 Å². The Kier molecular flexibility index (Phi) is 4.76. The minimum Gasteiger partial charge on any atom is -0.315 e. The van der Waals surface area contributed by atoms with Gasteiger partial charge < -0.3 is 5.73 Å². The highest BCUT2D eigenvalue weighted by molar-refractivity contribution is 7.89. The molecular formula is C11H24N2O2S. The number of hydrogen-bond acceptors (Lipinski definition) is 3. The van der Waals surface area contributed by atoms with Crippen molar-refractivity contribution in [3.63, 3.8) is 0 Å². The van der Waals surface area contributed by atoms with Gasteiger partial charge in [0.25, 0.3) is 0 Å². The van der Waals surface area contributed by atoms with Gasteiger partial charge >= 0.3 is 0 Å². The van der Waals surface area contributed by atoms with E-state index in [9.17, 15) is 8.42 Å². The van der Waals surface area contributed by atoms with E-state index >= 15 is 0 Å². The molecule has 1 aliphatic heterocycles. The van der Waals surface area contributed by atoms with E-state index in [1.807, 2.05) is 20.8 Å². The predicted octanol–water partition coefficient (Wildman–Crippen LogP) is 1.38. The SMILES string of the molecule is CC(C)CCS(=O)(=O)N1CCCC(C)C1N. The Morgan fingerprint density at radius 2 is 2.06 bits per heavy atom. The van der Waals surface area contributed by atoms with Gasteiger partial charge in [-0.15, -0.1) is 0 Å². The van der Waals surface area contributed by atoms with Crippen LogP contribution in [0.25, 0.3) is 0 Å². The van der Waals surface area contributed by atoms with E-state index in [0.717, 1.165) is 12.8 Å². The number of hydrogen-bond donors (Lipinski definition) is 1. The summed E-state index contributed by atoms with van der Waals surface area (Å²) in [6.07, 6.45) is 2.33. The van der Waals surface area contributed by atoms with Crippen LogP contribution in [-0.2, 0) is 10.0 Å². The lowest BCUT2D eigenvalue weighted by Gasteiger charge is -2.36. The molecule has 0 aromatic carbocycles. The lowest BCUT2D eigenvalue weighted by Crippen LogP contribution is -2.53. The van der Waals surface area contributed by atoms with Crippen molar-refractivity contribution in [2.75, 3.05) is 12.3 Å². The van der Waals surface area contributed by atoms with Crippen LogP contribution >= 0.6 is 0 Å². The molecule has 4 nitrogen and oxygen atoms in total. The molecule has 1 aliphatic rings. The number of nitrogens with zero attached hydrogens (tertiary/aromatic N) is 1. The fourth-order valence-corrected chi connectivity index (χ4v) is 3.99. The standard InChI is InChI=1S/C11H24N2O2S/c1-9(2)6-8-16(14,15)13-7-4-5-10(3)11(13)12/h9-11H,4-8,12H2,1-3H3. The summed E-state index contributed by atoms with van der Waals surface area (Å²) in [7, 11) is -3.15. The van der Waals surface area contributed by atoms with E-state index in [4.69, 9.17) is 5.73 Å². The van der Waals surface area contributed by atoms with Crippen LogP contribution in [0.1, 0.15) is 40.0 Å². The molecule has 5 heteroatoms. The molecule has 0 radical (unpaired) electrons. The van der Waals surface area contributed by atoms with Crippen LogP contribution in [0.3, 0.4) is 0 Å². The smallest absolute Gasteiger partial charge is 0.215 e. The zero-order valence-electron chi connectivity index (χ0n) is 10.5. The molecule has 1 saturated heterocycles. The van der Waals surface area contributed by atoms with Gasteiger partial charge in [0.1, 0.15) is 0 Å². The third-order valence-electron chi connectivity index (χ3n) is 3.26. The molecule has 0 aliphatic carbocycles. The van der Waals surface area contributed by atoms with E-state index in [2.05, 4.69) is 0 Å². The van der Waals surface area contributed by atoms with E-state index in [-0.39, 0.29) is 17.8 Å². The molecule has 0 spiro atoms. The Bertz CT molecular complexity index is 314. The van der Waals surface area contributed by atoms with Crippen LogP contribution in [0, 0.1) is 11.8 Å². The third-order valence-corrected chi connectivity index (χ3v) is 5.16. The van der Waals surface area contributed by atoms with Gasteiger partial charge in [0.2, 0.25) is 10.0 Å². The van der Waals surface area contributed by atoms with Crippen molar-refractivity contribution in [1.82, 2.24) is 4.31 Å². The summed E-state index contributed by atoms with van der Waals surface area (Å²) in [5, 5.41) is 0. The first-order valence-corrected chi connectivity index (χ1v) is 7.70. The Balaban J connectivity index is 2.67. The minimum atomic E-state index is -3.15. The van der Waals surface area contributed by atoms with E-state index < -0.39 is 10.0 Å². The van der Waals surface area contributed by atoms with Crippen molar-refractivity contribution in [3.8, 4) is 0 Å². The molecule has 2 N–H and O–H groups in total. The minimum absolute atomic E-state index is 0.227. The number of piperidine rings is 1. The summed E-state index contributed by atoms with van der Waals surface area (Å²) in [6, 6.07) is 0. The van der Waals surface area contributed by atoms with Gasteiger partial charge in [-0.1, -0.05) is 20.8 Å². The highest BCUT2D eigenvalue weighted by Crippen LogP contribution is 2.23. The average molecular weight is 248 g/mol. The predicted molar refractivity (Wildman–Crippen MR) is 66.3 cm³/mol. The van der Waals surface area contributed by atoms with Crippen molar-refractivity contribution in [2.45, 2.75) is 46.2 Å². The highest BCUT2D eigenvalue weighted by Gasteiger charge is 2.33. The summed E-state index contributed by atoms with van der Waals surface area (Å²) in [5.41, 5.74) is 5.96. The van der Waals surface area contributed by atoms with Crippen LogP contribution in [0.2, 0.25) is 0 Å². The van der Waals surface area contributed by atoms with Crippen molar-refractivity contribution < 1.29 is 8.42 Å². The molecule has 0 aromatic heterocycles. The fraction of sp³-hybridized carbons (Fsp3) is 1.00. The van der Waals surface area contributed by atoms with Crippen LogP contribution in [0.5, 0.6) is 0 Å². The molecule has 0 amide bonds. The summed E-state index contributed by atoms with van der Waals surface area (Å²) >= 11 is 0. The normalized spacial score (nSPS) is 28.6. The Morgan fingerprint density at radius 3 is 2.62 bits per heavy atom. The van der Waals surface area contributed by atoms with Gasteiger partial charge in [0, 0.05) is 6.54 Å². The second kappa shape index (κ2) is 5.47. The number of nitrogens with two attached hydrogens (primary N) is 1. The second-order valence-corrected chi connectivity index (χ2v) is 7.26. The highest BCUT2D eigenvalue weighted by atomic mass is 32.2. The van der Waals surface area contributed by atoms with Crippen molar-refractivity contribution >= 4 is 10.0 Å². The lowest BCUT2D eigenvalue weighted by atomic mass is 9.99. The maximum Gasteiger partial charge on any atom is 0.215 e. The monoisotopic (exact) mass is 248 g/mol. The molecule has 1 rings (SSSR count). The van der Waals surface area contributed by atoms with E-state index in [1.165, 1.54) is 4.31 Å². The van der Waals surface area contributed by atoms with Gasteiger partial charge in [-0.3, -0.25) is 0 Å². The molecule has 16 heavy (non-hydrogen) atoms. The summed E-state index contributed by atoms with van der Waals surface area (Å²) in [4.78, 5) is 0. The van der Waals surface area contributed by atoms with E-state index in [1.54, 1.807) is 0 Å². The van der Waals surface area contributed by atoms with Gasteiger partial charge in [0.15, 0.2) is 0 Å². The van der Waals surface area contributed by atoms with Gasteiger partial charge in [-0.05, 0) is 31.1 Å². The Hall–Kier alpha value is -0.130. The van der Waals surface area contributed by atoms with E-state index in [0.29, 0.717) is 18.9 Å². The first kappa shape index (κ1) is 13.9. The Labute approximate surface area is 99.2 Å². The number of sulfonamides is 1. The van der Waals surface area contributed by atoms with Gasteiger partial charge in [-0.2, -0.15) is 4.31 Å². The molecule has 0 saturated carbocycles. The van der Waals surface area contributed by atoms with Crippen LogP contribution in [0.15, 0.2) is 0 Å². The maximum absolute atomic E-state index is 12.1. The number of rotatable bonds is 4. The zero-order valence-corrected chi connectivity index (χ0v) is 11.3. The van der Waals surface area contributed by atoms with Crippen LogP contribution in [0.4, 0.5) is 0 Å². The first-order valence-electron chi connectivity index (χ1n) is 6.09. The molecule has 1 heterocycles. The molecule has 0 bridgehead atoms. The maximum atomic E-state index is 12.1. The van der Waals surface area contributed by atoms with Crippen molar-refractivity contribution in [1.29, 1.82) is 0 Å². The summed E-state index contributed by atoms with van der Waals surface area (Å²) < 4.78 is 25.7. The quantitative estimate of drug-likeness (QED) is 0.817. The third kappa shape index (κ3) is 3.43. The largest absolute Gasteiger partial charge is 0.315 e. The molecule has 96 valence electrons. The van der Waals surface area contributed by atoms with Crippen molar-refractivity contribution in [3.05, 3.63) is 0 Å². The zero-order chi connectivity index (χ0) is 12.3. The summed E-state index contributed by atoms with van der Waals surface area (Å²) in [6.45, 7) is 6.68. The van der Waals surface area contributed by atoms with Gasteiger partial charge in [0.05, 0.1) is 11.9 Å². The summed E-state index contributed by atoms with van der Waals surface area (Å²) in [5.74, 6) is 0.904. The van der Waals surface area contributed by atoms with Crippen LogP contribution < -0.4 is 5.73 Å². The molecule has 2 unspecified atom stereocenters. The lowest BCUT2D eigenvalue weighted by molar-refractivity contribution is 0.192. The first-order chi connectivity index (χ1) is 7.34. The molecule has 0 aromatic rings. The van der Waals surface area contributed by atoms with Crippen molar-refractivity contribution in [2.24, 2.45) is 17.6 Å². The second-order valence-electron chi connectivity index (χ2n) is 5.22. The molecular weight excluding hydrogens is 224 g/mol. The average Bonchev–Trinajstić information content (AvgIpc) is 2.19. The van der Waals surface area contributed by atoms with Gasteiger partial charge in [-0.25, -0.2) is 8.42 Å². The molecule has 2 atom stereocenters. The van der Waals surface area contributed by atoms with Crippen LogP contribution in [-0.4, -0.2) is 31.2 Å². The molecule has 1 fully saturated rings. The fourth-order valence-electron chi connectivity index (χ4n) is 2.00.